The molecule has 10 heteroatoms. The number of sulfone groups is 1. The van der Waals surface area contributed by atoms with Crippen LogP contribution in [0.5, 0.6) is 0 Å². The van der Waals surface area contributed by atoms with Crippen LogP contribution in [0.2, 0.25) is 5.15 Å². The average Bonchev–Trinajstić information content (AvgIpc) is 3.00. The van der Waals surface area contributed by atoms with Crippen LogP contribution >= 0.6 is 11.6 Å². The Kier molecular flexibility index (Phi) is 5.15. The third-order valence-corrected chi connectivity index (χ3v) is 7.52. The van der Waals surface area contributed by atoms with Crippen molar-refractivity contribution in [1.29, 1.82) is 0 Å². The number of anilines is 2. The predicted octanol–water partition coefficient (Wildman–Crippen LogP) is 2.25. The molecule has 0 aromatic carbocycles. The molecule has 0 aliphatic carbocycles. The summed E-state index contributed by atoms with van der Waals surface area (Å²) in [5.74, 6) is 1.52. The summed E-state index contributed by atoms with van der Waals surface area (Å²) < 4.78 is 30.6. The maximum absolute atomic E-state index is 12.5. The van der Waals surface area contributed by atoms with Crippen LogP contribution in [0.3, 0.4) is 0 Å². The zero-order chi connectivity index (χ0) is 19.9. The van der Waals surface area contributed by atoms with Gasteiger partial charge in [-0.2, -0.15) is 0 Å². The van der Waals surface area contributed by atoms with Crippen LogP contribution in [0.1, 0.15) is 30.7 Å². The molecular formula is C18H22ClN5O3S. The number of pyridine rings is 1. The quantitative estimate of drug-likeness (QED) is 0.748. The minimum absolute atomic E-state index is 0.121. The van der Waals surface area contributed by atoms with E-state index in [-0.39, 0.29) is 22.8 Å². The first-order valence-corrected chi connectivity index (χ1v) is 11.3. The Morgan fingerprint density at radius 3 is 2.75 bits per heavy atom. The minimum atomic E-state index is -3.21. The first-order valence-electron chi connectivity index (χ1n) is 9.22. The second-order valence-electron chi connectivity index (χ2n) is 7.19. The maximum Gasteiger partial charge on any atom is 0.162 e. The highest BCUT2D eigenvalue weighted by atomic mass is 35.5. The van der Waals surface area contributed by atoms with Gasteiger partial charge in [0.2, 0.25) is 0 Å². The molecular weight excluding hydrogens is 402 g/mol. The van der Waals surface area contributed by atoms with Gasteiger partial charge < -0.3 is 15.4 Å². The fourth-order valence-corrected chi connectivity index (χ4v) is 5.81. The smallest absolute Gasteiger partial charge is 0.162 e. The molecule has 2 saturated heterocycles. The molecule has 28 heavy (non-hydrogen) atoms. The summed E-state index contributed by atoms with van der Waals surface area (Å²) in [4.78, 5) is 15.4. The highest BCUT2D eigenvalue weighted by molar-refractivity contribution is 7.91. The summed E-state index contributed by atoms with van der Waals surface area (Å²) in [5.41, 5.74) is 6.95. The number of morpholine rings is 1. The van der Waals surface area contributed by atoms with Gasteiger partial charge in [0.15, 0.2) is 15.7 Å². The number of rotatable bonds is 3. The Morgan fingerprint density at radius 2 is 2.07 bits per heavy atom. The van der Waals surface area contributed by atoms with Crippen LogP contribution in [0, 0.1) is 0 Å². The average molecular weight is 424 g/mol. The van der Waals surface area contributed by atoms with Crippen LogP contribution in [0.4, 0.5) is 11.6 Å². The van der Waals surface area contributed by atoms with E-state index in [1.807, 2.05) is 6.92 Å². The van der Waals surface area contributed by atoms with Crippen LogP contribution < -0.4 is 10.6 Å². The van der Waals surface area contributed by atoms with E-state index in [1.54, 1.807) is 18.2 Å². The van der Waals surface area contributed by atoms with Crippen LogP contribution in [0.15, 0.2) is 18.2 Å². The van der Waals surface area contributed by atoms with Gasteiger partial charge in [0.25, 0.3) is 0 Å². The number of aromatic nitrogens is 3. The van der Waals surface area contributed by atoms with Gasteiger partial charge in [-0.05, 0) is 31.9 Å². The summed E-state index contributed by atoms with van der Waals surface area (Å²) in [5, 5.41) is -0.377. The molecule has 2 fully saturated rings. The number of halogens is 1. The summed E-state index contributed by atoms with van der Waals surface area (Å²) in [7, 11) is -3.21. The number of nitrogens with zero attached hydrogens (tertiary/aromatic N) is 4. The van der Waals surface area contributed by atoms with Gasteiger partial charge >= 0.3 is 0 Å². The van der Waals surface area contributed by atoms with E-state index in [1.165, 1.54) is 0 Å². The number of nitrogens with two attached hydrogens (primary N) is 1. The molecule has 0 saturated carbocycles. The van der Waals surface area contributed by atoms with Crippen molar-refractivity contribution in [2.75, 3.05) is 36.1 Å². The molecule has 2 aromatic rings. The Bertz CT molecular complexity index is 980. The van der Waals surface area contributed by atoms with E-state index < -0.39 is 15.1 Å². The third kappa shape index (κ3) is 3.78. The van der Waals surface area contributed by atoms with Crippen molar-refractivity contribution in [3.05, 3.63) is 29.0 Å². The lowest BCUT2D eigenvalue weighted by atomic mass is 10.1. The van der Waals surface area contributed by atoms with Crippen molar-refractivity contribution in [1.82, 2.24) is 15.0 Å². The maximum atomic E-state index is 12.5. The molecule has 150 valence electrons. The van der Waals surface area contributed by atoms with Gasteiger partial charge in [-0.15, -0.1) is 0 Å². The van der Waals surface area contributed by atoms with Crippen LogP contribution in [-0.4, -0.2) is 54.9 Å². The Labute approximate surface area is 169 Å². The van der Waals surface area contributed by atoms with E-state index >= 15 is 0 Å². The minimum Gasteiger partial charge on any atom is -0.384 e. The van der Waals surface area contributed by atoms with Crippen molar-refractivity contribution in [2.45, 2.75) is 31.1 Å². The van der Waals surface area contributed by atoms with E-state index in [0.29, 0.717) is 55.5 Å². The molecule has 2 N–H and O–H groups in total. The number of ether oxygens (including phenoxy) is 1. The zero-order valence-corrected chi connectivity index (χ0v) is 17.1. The lowest BCUT2D eigenvalue weighted by Gasteiger charge is -2.34. The number of hydrogen-bond acceptors (Lipinski definition) is 8. The van der Waals surface area contributed by atoms with Crippen molar-refractivity contribution >= 4 is 33.1 Å². The van der Waals surface area contributed by atoms with E-state index in [0.717, 1.165) is 0 Å². The van der Waals surface area contributed by atoms with E-state index in [4.69, 9.17) is 27.1 Å². The Hall–Kier alpha value is -1.97. The molecule has 4 rings (SSSR count). The summed E-state index contributed by atoms with van der Waals surface area (Å²) in [6, 6.07) is 5.19. The Morgan fingerprint density at radius 1 is 1.25 bits per heavy atom. The van der Waals surface area contributed by atoms with Crippen molar-refractivity contribution in [3.8, 4) is 11.4 Å². The molecule has 2 aliphatic heterocycles. The second-order valence-corrected chi connectivity index (χ2v) is 9.88. The molecule has 2 atom stereocenters. The topological polar surface area (TPSA) is 111 Å². The van der Waals surface area contributed by atoms with Crippen LogP contribution in [0.25, 0.3) is 11.4 Å². The molecule has 0 spiro atoms. The highest BCUT2D eigenvalue weighted by Gasteiger charge is 2.35. The molecule has 0 radical (unpaired) electrons. The molecule has 2 aliphatic rings. The SMILES string of the molecule is CC1COCCN1c1cc(C2CCCS2(=O)=O)nc(-c2cc(N)nc(Cl)c2)n1. The van der Waals surface area contributed by atoms with Crippen LogP contribution in [-0.2, 0) is 14.6 Å². The molecule has 4 heterocycles. The molecule has 2 aromatic heterocycles. The van der Waals surface area contributed by atoms with Crippen molar-refractivity contribution in [2.24, 2.45) is 0 Å². The monoisotopic (exact) mass is 423 g/mol. The summed E-state index contributed by atoms with van der Waals surface area (Å²) >= 11 is 6.05. The predicted molar refractivity (Wildman–Crippen MR) is 108 cm³/mol. The van der Waals surface area contributed by atoms with Crippen molar-refractivity contribution < 1.29 is 13.2 Å². The van der Waals surface area contributed by atoms with E-state index in [2.05, 4.69) is 14.9 Å². The molecule has 0 bridgehead atoms. The standard InChI is InChI=1S/C18H22ClN5O3S/c1-11-10-27-5-4-24(11)17-9-13(14-3-2-6-28(14,25)26)21-18(23-17)12-7-15(19)22-16(20)8-12/h7-9,11,14H,2-6,10H2,1H3,(H2,20,22). The number of nitrogen functional groups attached to an aromatic ring is 1. The summed E-state index contributed by atoms with van der Waals surface area (Å²) in [6.07, 6.45) is 1.21. The molecule has 8 nitrogen and oxygen atoms in total. The fraction of sp³-hybridized carbons (Fsp3) is 0.500. The van der Waals surface area contributed by atoms with Gasteiger partial charge in [0.1, 0.15) is 22.0 Å². The molecule has 2 unspecified atom stereocenters. The first kappa shape index (κ1) is 19.4. The normalized spacial score (nSPS) is 24.4. The largest absolute Gasteiger partial charge is 0.384 e. The zero-order valence-electron chi connectivity index (χ0n) is 15.5. The van der Waals surface area contributed by atoms with Gasteiger partial charge in [-0.1, -0.05) is 11.6 Å². The first-order chi connectivity index (χ1) is 13.3. The third-order valence-electron chi connectivity index (χ3n) is 5.12. The Balaban J connectivity index is 1.85. The van der Waals surface area contributed by atoms with Gasteiger partial charge in [-0.3, -0.25) is 0 Å². The van der Waals surface area contributed by atoms with Gasteiger partial charge in [-0.25, -0.2) is 23.4 Å². The van der Waals surface area contributed by atoms with E-state index in [9.17, 15) is 8.42 Å². The lowest BCUT2D eigenvalue weighted by Crippen LogP contribution is -2.44. The fourth-order valence-electron chi connectivity index (χ4n) is 3.73. The van der Waals surface area contributed by atoms with Crippen molar-refractivity contribution in [3.63, 3.8) is 0 Å². The second kappa shape index (κ2) is 7.46. The summed E-state index contributed by atoms with van der Waals surface area (Å²) in [6.45, 7) is 3.90. The van der Waals surface area contributed by atoms with Gasteiger partial charge in [0, 0.05) is 18.2 Å². The lowest BCUT2D eigenvalue weighted by molar-refractivity contribution is 0.0985. The highest BCUT2D eigenvalue weighted by Crippen LogP contribution is 2.36. The molecule has 0 amide bonds. The van der Waals surface area contributed by atoms with Gasteiger partial charge in [0.05, 0.1) is 30.7 Å². The number of hydrogen-bond donors (Lipinski definition) is 1.